The van der Waals surface area contributed by atoms with Crippen LogP contribution in [0.1, 0.15) is 27.2 Å². The second kappa shape index (κ2) is 8.50. The standard InChI is InChI=1S/C14H25N5O5/c1-14(2,3)24-13(23)16-5-4-10(21)12(22)18-9-8-17-19(6-7-20)11(9)15/h8,10,20-21H,4-7,15H2,1-3H3,(H,16,23)(H,18,22)/t10-/m0/s1. The molecule has 1 atom stereocenters. The van der Waals surface area contributed by atoms with Crippen LogP contribution in [0.25, 0.3) is 0 Å². The van der Waals surface area contributed by atoms with Crippen LogP contribution in [0.5, 0.6) is 0 Å². The number of carbonyl (C=O) groups is 2. The van der Waals surface area contributed by atoms with Crippen molar-refractivity contribution in [3.05, 3.63) is 6.20 Å². The largest absolute Gasteiger partial charge is 0.444 e. The third-order valence-electron chi connectivity index (χ3n) is 2.84. The number of carbonyl (C=O) groups excluding carboxylic acids is 2. The van der Waals surface area contributed by atoms with E-state index in [-0.39, 0.29) is 37.6 Å². The Morgan fingerprint density at radius 2 is 2.12 bits per heavy atom. The molecule has 24 heavy (non-hydrogen) atoms. The number of anilines is 2. The monoisotopic (exact) mass is 343 g/mol. The van der Waals surface area contributed by atoms with Crippen molar-refractivity contribution in [2.45, 2.75) is 45.4 Å². The number of nitrogen functional groups attached to an aromatic ring is 1. The molecule has 0 radical (unpaired) electrons. The van der Waals surface area contributed by atoms with Crippen molar-refractivity contribution >= 4 is 23.5 Å². The van der Waals surface area contributed by atoms with Crippen LogP contribution in [-0.4, -0.2) is 56.9 Å². The summed E-state index contributed by atoms with van der Waals surface area (Å²) in [6.45, 7) is 5.33. The highest BCUT2D eigenvalue weighted by molar-refractivity contribution is 5.96. The highest BCUT2D eigenvalue weighted by Gasteiger charge is 2.19. The molecule has 2 amide bonds. The van der Waals surface area contributed by atoms with Gasteiger partial charge in [0.25, 0.3) is 5.91 Å². The topological polar surface area (TPSA) is 152 Å². The predicted molar refractivity (Wildman–Crippen MR) is 87.2 cm³/mol. The maximum atomic E-state index is 11.9. The maximum absolute atomic E-state index is 11.9. The van der Waals surface area contributed by atoms with E-state index in [2.05, 4.69) is 15.7 Å². The fraction of sp³-hybridized carbons (Fsp3) is 0.643. The SMILES string of the molecule is CC(C)(C)OC(=O)NCC[C@H](O)C(=O)Nc1cnn(CCO)c1N. The van der Waals surface area contributed by atoms with Crippen molar-refractivity contribution in [3.63, 3.8) is 0 Å². The van der Waals surface area contributed by atoms with Crippen LogP contribution in [0.2, 0.25) is 0 Å². The average molecular weight is 343 g/mol. The maximum Gasteiger partial charge on any atom is 0.407 e. The van der Waals surface area contributed by atoms with E-state index in [0.717, 1.165) is 0 Å². The minimum absolute atomic E-state index is 0.00968. The lowest BCUT2D eigenvalue weighted by Gasteiger charge is -2.20. The van der Waals surface area contributed by atoms with Crippen molar-refractivity contribution < 1.29 is 24.5 Å². The van der Waals surface area contributed by atoms with Crippen LogP contribution in [-0.2, 0) is 16.1 Å². The Morgan fingerprint density at radius 1 is 1.46 bits per heavy atom. The fourth-order valence-corrected chi connectivity index (χ4v) is 1.74. The zero-order valence-electron chi connectivity index (χ0n) is 14.1. The van der Waals surface area contributed by atoms with Crippen molar-refractivity contribution in [1.82, 2.24) is 15.1 Å². The van der Waals surface area contributed by atoms with Gasteiger partial charge in [-0.15, -0.1) is 0 Å². The van der Waals surface area contributed by atoms with Gasteiger partial charge in [0.05, 0.1) is 19.3 Å². The van der Waals surface area contributed by atoms with Crippen LogP contribution in [0.15, 0.2) is 6.20 Å². The molecule has 0 fully saturated rings. The van der Waals surface area contributed by atoms with Gasteiger partial charge in [-0.25, -0.2) is 9.48 Å². The Bertz CT molecular complexity index is 566. The normalized spacial score (nSPS) is 12.5. The lowest BCUT2D eigenvalue weighted by atomic mass is 10.2. The van der Waals surface area contributed by atoms with Crippen LogP contribution in [0.4, 0.5) is 16.3 Å². The van der Waals surface area contributed by atoms with E-state index in [0.29, 0.717) is 0 Å². The molecular formula is C14H25N5O5. The Morgan fingerprint density at radius 3 is 2.71 bits per heavy atom. The molecule has 0 saturated heterocycles. The van der Waals surface area contributed by atoms with Crippen LogP contribution >= 0.6 is 0 Å². The number of nitrogens with two attached hydrogens (primary N) is 1. The average Bonchev–Trinajstić information content (AvgIpc) is 2.78. The summed E-state index contributed by atoms with van der Waals surface area (Å²) in [5, 5.41) is 27.5. The van der Waals surface area contributed by atoms with E-state index in [1.165, 1.54) is 10.9 Å². The molecule has 0 saturated carbocycles. The minimum atomic E-state index is -1.33. The summed E-state index contributed by atoms with van der Waals surface area (Å²) in [4.78, 5) is 23.3. The summed E-state index contributed by atoms with van der Waals surface area (Å²) in [5.74, 6) is -0.493. The summed E-state index contributed by atoms with van der Waals surface area (Å²) in [5.41, 5.74) is 5.38. The third-order valence-corrected chi connectivity index (χ3v) is 2.84. The van der Waals surface area contributed by atoms with Gasteiger partial charge in [-0.1, -0.05) is 0 Å². The molecule has 1 rings (SSSR count). The number of amides is 2. The van der Waals surface area contributed by atoms with Gasteiger partial charge in [0, 0.05) is 6.54 Å². The Kier molecular flexibility index (Phi) is 6.98. The molecule has 10 nitrogen and oxygen atoms in total. The number of nitrogens with one attached hydrogen (secondary N) is 2. The molecule has 6 N–H and O–H groups in total. The number of aliphatic hydroxyl groups is 2. The number of nitrogens with zero attached hydrogens (tertiary/aromatic N) is 2. The highest BCUT2D eigenvalue weighted by atomic mass is 16.6. The van der Waals surface area contributed by atoms with E-state index >= 15 is 0 Å². The molecule has 1 aromatic rings. The molecular weight excluding hydrogens is 318 g/mol. The van der Waals surface area contributed by atoms with E-state index in [1.807, 2.05) is 0 Å². The Hall–Kier alpha value is -2.33. The molecule has 0 spiro atoms. The van der Waals surface area contributed by atoms with Crippen molar-refractivity contribution in [3.8, 4) is 0 Å². The summed E-state index contributed by atoms with van der Waals surface area (Å²) in [6.07, 6.45) is -0.616. The molecule has 0 aliphatic carbocycles. The van der Waals surface area contributed by atoms with Crippen LogP contribution in [0.3, 0.4) is 0 Å². The van der Waals surface area contributed by atoms with Crippen molar-refractivity contribution in [2.24, 2.45) is 0 Å². The number of hydrogen-bond donors (Lipinski definition) is 5. The molecule has 1 aromatic heterocycles. The first-order chi connectivity index (χ1) is 11.1. The van der Waals surface area contributed by atoms with Gasteiger partial charge in [0.15, 0.2) is 0 Å². The van der Waals surface area contributed by atoms with Crippen LogP contribution < -0.4 is 16.4 Å². The lowest BCUT2D eigenvalue weighted by molar-refractivity contribution is -0.124. The number of ether oxygens (including phenoxy) is 1. The van der Waals surface area contributed by atoms with Gasteiger partial charge in [-0.05, 0) is 27.2 Å². The van der Waals surface area contributed by atoms with Gasteiger partial charge in [0.1, 0.15) is 23.2 Å². The molecule has 0 aliphatic heterocycles. The lowest BCUT2D eigenvalue weighted by Crippen LogP contribution is -2.36. The first kappa shape index (κ1) is 19.7. The fourth-order valence-electron chi connectivity index (χ4n) is 1.74. The number of alkyl carbamates (subject to hydrolysis) is 1. The predicted octanol–water partition coefficient (Wildman–Crippen LogP) is -0.328. The van der Waals surface area contributed by atoms with Crippen molar-refractivity contribution in [1.29, 1.82) is 0 Å². The number of aliphatic hydroxyl groups excluding tert-OH is 2. The van der Waals surface area contributed by atoms with E-state index in [1.54, 1.807) is 20.8 Å². The van der Waals surface area contributed by atoms with Gasteiger partial charge in [0.2, 0.25) is 0 Å². The zero-order valence-corrected chi connectivity index (χ0v) is 14.1. The van der Waals surface area contributed by atoms with Gasteiger partial charge >= 0.3 is 6.09 Å². The van der Waals surface area contributed by atoms with E-state index < -0.39 is 23.7 Å². The Balaban J connectivity index is 2.41. The third kappa shape index (κ3) is 6.42. The molecule has 0 aliphatic rings. The smallest absolute Gasteiger partial charge is 0.407 e. The van der Waals surface area contributed by atoms with Crippen LogP contribution in [0, 0.1) is 0 Å². The summed E-state index contributed by atoms with van der Waals surface area (Å²) < 4.78 is 6.36. The number of aromatic nitrogens is 2. The second-order valence-electron chi connectivity index (χ2n) is 6.11. The molecule has 1 heterocycles. The minimum Gasteiger partial charge on any atom is -0.444 e. The number of hydrogen-bond acceptors (Lipinski definition) is 7. The Labute approximate surface area is 140 Å². The molecule has 0 unspecified atom stereocenters. The van der Waals surface area contributed by atoms with Crippen molar-refractivity contribution in [2.75, 3.05) is 24.2 Å². The number of rotatable bonds is 7. The first-order valence-corrected chi connectivity index (χ1v) is 7.52. The zero-order chi connectivity index (χ0) is 18.3. The molecule has 10 heteroatoms. The first-order valence-electron chi connectivity index (χ1n) is 7.52. The summed E-state index contributed by atoms with van der Waals surface area (Å²) >= 11 is 0. The molecule has 0 aromatic carbocycles. The summed E-state index contributed by atoms with van der Waals surface area (Å²) in [6, 6.07) is 0. The quantitative estimate of drug-likeness (QED) is 0.454. The summed E-state index contributed by atoms with van der Waals surface area (Å²) in [7, 11) is 0. The van der Waals surface area contributed by atoms with Gasteiger partial charge in [-0.3, -0.25) is 4.79 Å². The molecule has 0 bridgehead atoms. The molecule has 136 valence electrons. The van der Waals surface area contributed by atoms with E-state index in [9.17, 15) is 14.7 Å². The highest BCUT2D eigenvalue weighted by Crippen LogP contribution is 2.17. The second-order valence-corrected chi connectivity index (χ2v) is 6.11. The van der Waals surface area contributed by atoms with E-state index in [4.69, 9.17) is 15.6 Å². The van der Waals surface area contributed by atoms with Gasteiger partial charge in [-0.2, -0.15) is 5.10 Å². The van der Waals surface area contributed by atoms with Gasteiger partial charge < -0.3 is 31.3 Å².